The van der Waals surface area contributed by atoms with Gasteiger partial charge in [0.05, 0.1) is 26.4 Å². The zero-order chi connectivity index (χ0) is 21.6. The van der Waals surface area contributed by atoms with Crippen molar-refractivity contribution in [3.05, 3.63) is 29.8 Å². The van der Waals surface area contributed by atoms with Gasteiger partial charge in [0.25, 0.3) is 0 Å². The molecule has 2 N–H and O–H groups in total. The molecule has 1 aliphatic rings. The second-order valence-corrected chi connectivity index (χ2v) is 7.55. The molecule has 1 aromatic rings. The van der Waals surface area contributed by atoms with Gasteiger partial charge in [-0.05, 0) is 50.2 Å². The maximum absolute atomic E-state index is 5.56. The first kappa shape index (κ1) is 24.4. The van der Waals surface area contributed by atoms with Gasteiger partial charge in [0.2, 0.25) is 0 Å². The number of nitrogens with zero attached hydrogens (tertiary/aromatic N) is 3. The Labute approximate surface area is 182 Å². The van der Waals surface area contributed by atoms with E-state index in [1.165, 1.54) is 12.0 Å². The summed E-state index contributed by atoms with van der Waals surface area (Å²) in [4.78, 5) is 9.36. The molecule has 0 spiro atoms. The molecular formula is C23H41N5O2. The van der Waals surface area contributed by atoms with Crippen molar-refractivity contribution in [1.29, 1.82) is 0 Å². The van der Waals surface area contributed by atoms with Crippen LogP contribution in [-0.2, 0) is 4.74 Å². The minimum atomic E-state index is 0.265. The highest BCUT2D eigenvalue weighted by atomic mass is 16.5. The summed E-state index contributed by atoms with van der Waals surface area (Å²) in [6, 6.07) is 8.65. The maximum Gasteiger partial charge on any atom is 0.191 e. The van der Waals surface area contributed by atoms with E-state index in [9.17, 15) is 0 Å². The average Bonchev–Trinajstić information content (AvgIpc) is 2.81. The second kappa shape index (κ2) is 14.2. The van der Waals surface area contributed by atoms with E-state index in [2.05, 4.69) is 51.4 Å². The lowest BCUT2D eigenvalue weighted by Gasteiger charge is -2.35. The van der Waals surface area contributed by atoms with Crippen LogP contribution in [0.3, 0.4) is 0 Å². The third-order valence-corrected chi connectivity index (χ3v) is 5.76. The number of nitrogens with one attached hydrogen (secondary N) is 2. The highest BCUT2D eigenvalue weighted by Gasteiger charge is 2.23. The van der Waals surface area contributed by atoms with Crippen LogP contribution in [0.2, 0.25) is 0 Å². The molecule has 0 aliphatic carbocycles. The molecule has 0 radical (unpaired) electrons. The smallest absolute Gasteiger partial charge is 0.191 e. The Balaban J connectivity index is 1.86. The number of ether oxygens (including phenoxy) is 2. The van der Waals surface area contributed by atoms with Crippen LogP contribution in [0.15, 0.2) is 29.3 Å². The quantitative estimate of drug-likeness (QED) is 0.308. The van der Waals surface area contributed by atoms with Crippen molar-refractivity contribution in [2.24, 2.45) is 4.99 Å². The largest absolute Gasteiger partial charge is 0.497 e. The van der Waals surface area contributed by atoms with E-state index in [0.29, 0.717) is 0 Å². The highest BCUT2D eigenvalue weighted by Crippen LogP contribution is 2.23. The third kappa shape index (κ3) is 8.13. The van der Waals surface area contributed by atoms with Crippen LogP contribution < -0.4 is 15.4 Å². The SMILES string of the molecule is CCN(CC)CCCCNC(=NC)NCC(c1ccc(OC)cc1)N1CCOCC1. The summed E-state index contributed by atoms with van der Waals surface area (Å²) in [5.74, 6) is 1.75. The molecule has 170 valence electrons. The molecule has 0 saturated carbocycles. The summed E-state index contributed by atoms with van der Waals surface area (Å²) < 4.78 is 10.9. The van der Waals surface area contributed by atoms with Crippen molar-refractivity contribution < 1.29 is 9.47 Å². The molecule has 1 unspecified atom stereocenters. The Morgan fingerprint density at radius 2 is 1.83 bits per heavy atom. The van der Waals surface area contributed by atoms with E-state index < -0.39 is 0 Å². The predicted octanol–water partition coefficient (Wildman–Crippen LogP) is 2.36. The molecule has 1 fully saturated rings. The lowest BCUT2D eigenvalue weighted by Crippen LogP contribution is -2.46. The lowest BCUT2D eigenvalue weighted by molar-refractivity contribution is 0.0170. The minimum absolute atomic E-state index is 0.265. The maximum atomic E-state index is 5.56. The van der Waals surface area contributed by atoms with Crippen molar-refractivity contribution in [3.63, 3.8) is 0 Å². The molecule has 1 aromatic carbocycles. The van der Waals surface area contributed by atoms with E-state index in [4.69, 9.17) is 9.47 Å². The van der Waals surface area contributed by atoms with Crippen molar-refractivity contribution in [2.45, 2.75) is 32.7 Å². The molecular weight excluding hydrogens is 378 g/mol. The number of methoxy groups -OCH3 is 1. The van der Waals surface area contributed by atoms with E-state index in [1.54, 1.807) is 7.11 Å². The Morgan fingerprint density at radius 3 is 2.43 bits per heavy atom. The first-order chi connectivity index (χ1) is 14.7. The number of benzene rings is 1. The molecule has 7 heteroatoms. The van der Waals surface area contributed by atoms with Gasteiger partial charge in [0, 0.05) is 33.2 Å². The number of hydrogen-bond acceptors (Lipinski definition) is 5. The number of aliphatic imine (C=N–C) groups is 1. The van der Waals surface area contributed by atoms with Gasteiger partial charge in [0.15, 0.2) is 5.96 Å². The standard InChI is InChI=1S/C23H41N5O2/c1-5-27(6-2)14-8-7-13-25-23(24-3)26-19-22(28-15-17-30-18-16-28)20-9-11-21(29-4)12-10-20/h9-12,22H,5-8,13-19H2,1-4H3,(H2,24,25,26). The van der Waals surface area contributed by atoms with E-state index >= 15 is 0 Å². The highest BCUT2D eigenvalue weighted by molar-refractivity contribution is 5.79. The predicted molar refractivity (Wildman–Crippen MR) is 125 cm³/mol. The van der Waals surface area contributed by atoms with Crippen LogP contribution in [0.25, 0.3) is 0 Å². The van der Waals surface area contributed by atoms with Crippen LogP contribution in [0.4, 0.5) is 0 Å². The number of unbranched alkanes of at least 4 members (excludes halogenated alkanes) is 1. The molecule has 30 heavy (non-hydrogen) atoms. The molecule has 1 atom stereocenters. The monoisotopic (exact) mass is 419 g/mol. The van der Waals surface area contributed by atoms with Crippen molar-refractivity contribution >= 4 is 5.96 Å². The molecule has 0 aromatic heterocycles. The van der Waals surface area contributed by atoms with Gasteiger partial charge in [-0.15, -0.1) is 0 Å². The number of morpholine rings is 1. The number of hydrogen-bond donors (Lipinski definition) is 2. The van der Waals surface area contributed by atoms with Gasteiger partial charge in [-0.2, -0.15) is 0 Å². The van der Waals surface area contributed by atoms with Crippen molar-refractivity contribution in [1.82, 2.24) is 20.4 Å². The summed E-state index contributed by atoms with van der Waals surface area (Å²) in [5, 5.41) is 7.00. The summed E-state index contributed by atoms with van der Waals surface area (Å²) in [6.45, 7) is 13.0. The van der Waals surface area contributed by atoms with Crippen molar-refractivity contribution in [3.8, 4) is 5.75 Å². The second-order valence-electron chi connectivity index (χ2n) is 7.55. The molecule has 1 aliphatic heterocycles. The number of rotatable bonds is 12. The Morgan fingerprint density at radius 1 is 1.13 bits per heavy atom. The zero-order valence-corrected chi connectivity index (χ0v) is 19.3. The van der Waals surface area contributed by atoms with E-state index in [-0.39, 0.29) is 6.04 Å². The van der Waals surface area contributed by atoms with Gasteiger partial charge in [-0.25, -0.2) is 0 Å². The van der Waals surface area contributed by atoms with Gasteiger partial charge in [-0.3, -0.25) is 9.89 Å². The van der Waals surface area contributed by atoms with Crippen LogP contribution in [-0.4, -0.2) is 88.9 Å². The summed E-state index contributed by atoms with van der Waals surface area (Å²) in [5.41, 5.74) is 1.28. The molecule has 1 saturated heterocycles. The lowest BCUT2D eigenvalue weighted by atomic mass is 10.0. The van der Waals surface area contributed by atoms with Crippen LogP contribution >= 0.6 is 0 Å². The normalized spacial score (nSPS) is 16.5. The summed E-state index contributed by atoms with van der Waals surface area (Å²) >= 11 is 0. The Kier molecular flexibility index (Phi) is 11.6. The zero-order valence-electron chi connectivity index (χ0n) is 19.3. The fourth-order valence-corrected chi connectivity index (χ4v) is 3.79. The van der Waals surface area contributed by atoms with Gasteiger partial charge < -0.3 is 25.0 Å². The van der Waals surface area contributed by atoms with Gasteiger partial charge in [0.1, 0.15) is 5.75 Å². The Hall–Kier alpha value is -1.83. The first-order valence-electron chi connectivity index (χ1n) is 11.3. The fraction of sp³-hybridized carbons (Fsp3) is 0.696. The molecule has 0 amide bonds. The fourth-order valence-electron chi connectivity index (χ4n) is 3.79. The molecule has 7 nitrogen and oxygen atoms in total. The Bertz CT molecular complexity index is 598. The van der Waals surface area contributed by atoms with Crippen molar-refractivity contribution in [2.75, 3.05) is 73.2 Å². The third-order valence-electron chi connectivity index (χ3n) is 5.76. The first-order valence-corrected chi connectivity index (χ1v) is 11.3. The van der Waals surface area contributed by atoms with E-state index in [0.717, 1.165) is 77.2 Å². The summed E-state index contributed by atoms with van der Waals surface area (Å²) in [6.07, 6.45) is 2.34. The van der Waals surface area contributed by atoms with Crippen LogP contribution in [0.5, 0.6) is 5.75 Å². The summed E-state index contributed by atoms with van der Waals surface area (Å²) in [7, 11) is 3.54. The topological polar surface area (TPSA) is 61.4 Å². The average molecular weight is 420 g/mol. The van der Waals surface area contributed by atoms with Crippen LogP contribution in [0, 0.1) is 0 Å². The van der Waals surface area contributed by atoms with Crippen LogP contribution in [0.1, 0.15) is 38.3 Å². The molecule has 2 rings (SSSR count). The minimum Gasteiger partial charge on any atom is -0.497 e. The van der Waals surface area contributed by atoms with Gasteiger partial charge in [-0.1, -0.05) is 26.0 Å². The van der Waals surface area contributed by atoms with Gasteiger partial charge >= 0.3 is 0 Å². The van der Waals surface area contributed by atoms with E-state index in [1.807, 2.05) is 19.2 Å². The molecule has 0 bridgehead atoms. The molecule has 1 heterocycles. The number of guanidine groups is 1.